The van der Waals surface area contributed by atoms with Crippen molar-refractivity contribution in [1.29, 1.82) is 0 Å². The molecular formula is C18H17Cl2N3O3. The zero-order valence-electron chi connectivity index (χ0n) is 13.9. The second kappa shape index (κ2) is 7.93. The highest BCUT2D eigenvalue weighted by molar-refractivity contribution is 6.42. The smallest absolute Gasteiger partial charge is 0.292 e. The van der Waals surface area contributed by atoms with Crippen LogP contribution in [-0.2, 0) is 11.2 Å². The summed E-state index contributed by atoms with van der Waals surface area (Å²) in [6, 6.07) is 11.8. The molecule has 6 nitrogen and oxygen atoms in total. The Morgan fingerprint density at radius 2 is 1.73 bits per heavy atom. The first kappa shape index (κ1) is 18.5. The predicted octanol–water partition coefficient (Wildman–Crippen LogP) is 3.79. The maximum atomic E-state index is 12.5. The third-order valence-electron chi connectivity index (χ3n) is 4.39. The molecule has 1 heterocycles. The zero-order chi connectivity index (χ0) is 18.7. The number of piperazine rings is 1. The van der Waals surface area contributed by atoms with E-state index in [1.807, 2.05) is 4.90 Å². The van der Waals surface area contributed by atoms with Gasteiger partial charge in [0.2, 0.25) is 5.91 Å². The van der Waals surface area contributed by atoms with Crippen molar-refractivity contribution in [1.82, 2.24) is 4.90 Å². The number of nitro groups is 1. The van der Waals surface area contributed by atoms with E-state index in [1.165, 1.54) is 6.07 Å². The maximum absolute atomic E-state index is 12.5. The summed E-state index contributed by atoms with van der Waals surface area (Å²) in [4.78, 5) is 27.0. The van der Waals surface area contributed by atoms with Crippen LogP contribution in [0.3, 0.4) is 0 Å². The standard InChI is InChI=1S/C18H17Cl2N3O3/c19-14-6-5-13(11-15(14)20)12-18(24)22-9-7-21(8-10-22)16-3-1-2-4-17(16)23(25)26/h1-6,11H,7-10,12H2. The van der Waals surface area contributed by atoms with E-state index in [0.29, 0.717) is 41.9 Å². The van der Waals surface area contributed by atoms with Crippen LogP contribution in [0.1, 0.15) is 5.56 Å². The number of nitro benzene ring substituents is 1. The summed E-state index contributed by atoms with van der Waals surface area (Å²) in [6.45, 7) is 2.15. The van der Waals surface area contributed by atoms with Crippen LogP contribution in [0, 0.1) is 10.1 Å². The SMILES string of the molecule is O=C(Cc1ccc(Cl)c(Cl)c1)N1CCN(c2ccccc2[N+](=O)[O-])CC1. The van der Waals surface area contributed by atoms with Gasteiger partial charge in [-0.1, -0.05) is 41.4 Å². The highest BCUT2D eigenvalue weighted by atomic mass is 35.5. The normalized spacial score (nSPS) is 14.4. The number of halogens is 2. The van der Waals surface area contributed by atoms with Crippen molar-refractivity contribution >= 4 is 40.5 Å². The largest absolute Gasteiger partial charge is 0.362 e. The Labute approximate surface area is 161 Å². The minimum Gasteiger partial charge on any atom is -0.362 e. The number of benzene rings is 2. The van der Waals surface area contributed by atoms with Crippen molar-refractivity contribution in [3.63, 3.8) is 0 Å². The lowest BCUT2D eigenvalue weighted by molar-refractivity contribution is -0.384. The molecule has 0 bridgehead atoms. The quantitative estimate of drug-likeness (QED) is 0.585. The first-order valence-corrected chi connectivity index (χ1v) is 8.91. The molecule has 0 N–H and O–H groups in total. The van der Waals surface area contributed by atoms with Crippen molar-refractivity contribution in [3.8, 4) is 0 Å². The van der Waals surface area contributed by atoms with Crippen molar-refractivity contribution in [2.75, 3.05) is 31.1 Å². The summed E-state index contributed by atoms with van der Waals surface area (Å²) in [5.41, 5.74) is 1.49. The van der Waals surface area contributed by atoms with Gasteiger partial charge < -0.3 is 9.80 Å². The fourth-order valence-corrected chi connectivity index (χ4v) is 3.34. The van der Waals surface area contributed by atoms with Crippen LogP contribution in [0.4, 0.5) is 11.4 Å². The van der Waals surface area contributed by atoms with E-state index in [-0.39, 0.29) is 22.9 Å². The molecule has 2 aromatic carbocycles. The zero-order valence-corrected chi connectivity index (χ0v) is 15.4. The molecule has 3 rings (SSSR count). The van der Waals surface area contributed by atoms with E-state index in [1.54, 1.807) is 41.3 Å². The molecule has 1 saturated heterocycles. The van der Waals surface area contributed by atoms with Crippen LogP contribution in [0.5, 0.6) is 0 Å². The lowest BCUT2D eigenvalue weighted by Gasteiger charge is -2.35. The number of nitrogens with zero attached hydrogens (tertiary/aromatic N) is 3. The lowest BCUT2D eigenvalue weighted by Crippen LogP contribution is -2.49. The topological polar surface area (TPSA) is 66.7 Å². The molecule has 2 aromatic rings. The number of amides is 1. The van der Waals surface area contributed by atoms with Crippen molar-refractivity contribution in [2.24, 2.45) is 0 Å². The highest BCUT2D eigenvalue weighted by Gasteiger charge is 2.25. The van der Waals surface area contributed by atoms with E-state index in [2.05, 4.69) is 0 Å². The summed E-state index contributed by atoms with van der Waals surface area (Å²) < 4.78 is 0. The fourth-order valence-electron chi connectivity index (χ4n) is 3.02. The molecule has 0 unspecified atom stereocenters. The van der Waals surface area contributed by atoms with Gasteiger partial charge in [-0.25, -0.2) is 0 Å². The van der Waals surface area contributed by atoms with E-state index in [9.17, 15) is 14.9 Å². The Morgan fingerprint density at radius 3 is 2.38 bits per heavy atom. The monoisotopic (exact) mass is 393 g/mol. The van der Waals surface area contributed by atoms with Crippen molar-refractivity contribution in [2.45, 2.75) is 6.42 Å². The molecule has 1 aliphatic heterocycles. The van der Waals surface area contributed by atoms with Gasteiger partial charge in [-0.15, -0.1) is 0 Å². The molecule has 8 heteroatoms. The van der Waals surface area contributed by atoms with Gasteiger partial charge in [-0.3, -0.25) is 14.9 Å². The number of rotatable bonds is 4. The minimum atomic E-state index is -0.378. The number of carbonyl (C=O) groups is 1. The Kier molecular flexibility index (Phi) is 5.64. The molecule has 136 valence electrons. The Bertz CT molecular complexity index is 836. The van der Waals surface area contributed by atoms with Crippen LogP contribution in [-0.4, -0.2) is 41.9 Å². The molecule has 0 radical (unpaired) electrons. The van der Waals surface area contributed by atoms with Crippen molar-refractivity contribution < 1.29 is 9.72 Å². The van der Waals surface area contributed by atoms with Crippen LogP contribution in [0.2, 0.25) is 10.0 Å². The second-order valence-corrected chi connectivity index (χ2v) is 6.85. The van der Waals surface area contributed by atoms with Gasteiger partial charge in [-0.2, -0.15) is 0 Å². The molecule has 1 fully saturated rings. The Morgan fingerprint density at radius 1 is 1.04 bits per heavy atom. The van der Waals surface area contributed by atoms with Gasteiger partial charge in [0.05, 0.1) is 21.4 Å². The first-order chi connectivity index (χ1) is 12.5. The van der Waals surface area contributed by atoms with Crippen LogP contribution in [0.15, 0.2) is 42.5 Å². The molecule has 1 aliphatic rings. The number of anilines is 1. The van der Waals surface area contributed by atoms with Crippen molar-refractivity contribution in [3.05, 3.63) is 68.2 Å². The van der Waals surface area contributed by atoms with Gasteiger partial charge in [0.25, 0.3) is 5.69 Å². The van der Waals surface area contributed by atoms with E-state index in [4.69, 9.17) is 23.2 Å². The van der Waals surface area contributed by atoms with Crippen LogP contribution >= 0.6 is 23.2 Å². The summed E-state index contributed by atoms with van der Waals surface area (Å²) in [5, 5.41) is 12.1. The molecule has 0 aromatic heterocycles. The predicted molar refractivity (Wildman–Crippen MR) is 102 cm³/mol. The second-order valence-electron chi connectivity index (χ2n) is 6.04. The molecule has 26 heavy (non-hydrogen) atoms. The number of hydrogen-bond acceptors (Lipinski definition) is 4. The lowest BCUT2D eigenvalue weighted by atomic mass is 10.1. The van der Waals surface area contributed by atoms with E-state index < -0.39 is 0 Å². The van der Waals surface area contributed by atoms with Gasteiger partial charge in [0.1, 0.15) is 5.69 Å². The third kappa shape index (κ3) is 4.08. The summed E-state index contributed by atoms with van der Waals surface area (Å²) in [6.07, 6.45) is 0.252. The molecule has 1 amide bonds. The summed E-state index contributed by atoms with van der Waals surface area (Å²) in [7, 11) is 0. The summed E-state index contributed by atoms with van der Waals surface area (Å²) >= 11 is 11.9. The summed E-state index contributed by atoms with van der Waals surface area (Å²) in [5.74, 6) is 0.00519. The fraction of sp³-hybridized carbons (Fsp3) is 0.278. The number of carbonyl (C=O) groups excluding carboxylic acids is 1. The number of hydrogen-bond donors (Lipinski definition) is 0. The highest BCUT2D eigenvalue weighted by Crippen LogP contribution is 2.28. The Balaban J connectivity index is 1.62. The molecule has 0 saturated carbocycles. The minimum absolute atomic E-state index is 0.00519. The van der Waals surface area contributed by atoms with Gasteiger partial charge in [-0.05, 0) is 23.8 Å². The maximum Gasteiger partial charge on any atom is 0.292 e. The average molecular weight is 394 g/mol. The van der Waals surface area contributed by atoms with E-state index >= 15 is 0 Å². The van der Waals surface area contributed by atoms with E-state index in [0.717, 1.165) is 5.56 Å². The number of para-hydroxylation sites is 2. The van der Waals surface area contributed by atoms with Gasteiger partial charge in [0.15, 0.2) is 0 Å². The molecule has 0 atom stereocenters. The molecule has 0 spiro atoms. The Hall–Kier alpha value is -2.31. The van der Waals surface area contributed by atoms with Gasteiger partial charge in [0, 0.05) is 32.2 Å². The molecule has 0 aliphatic carbocycles. The van der Waals surface area contributed by atoms with Gasteiger partial charge >= 0.3 is 0 Å². The third-order valence-corrected chi connectivity index (χ3v) is 5.13. The molecular weight excluding hydrogens is 377 g/mol. The first-order valence-electron chi connectivity index (χ1n) is 8.16. The average Bonchev–Trinajstić information content (AvgIpc) is 2.65. The van der Waals surface area contributed by atoms with Crippen LogP contribution < -0.4 is 4.90 Å². The van der Waals surface area contributed by atoms with Crippen LogP contribution in [0.25, 0.3) is 0 Å².